The Hall–Kier alpha value is -2.93. The Morgan fingerprint density at radius 1 is 1.21 bits per heavy atom. The molecule has 0 aliphatic heterocycles. The van der Waals surface area contributed by atoms with E-state index >= 15 is 0 Å². The van der Waals surface area contributed by atoms with Gasteiger partial charge in [-0.2, -0.15) is 5.10 Å². The molecule has 0 spiro atoms. The number of aromatic amines is 1. The molecule has 8 heteroatoms. The van der Waals surface area contributed by atoms with Gasteiger partial charge in [0, 0.05) is 41.4 Å². The van der Waals surface area contributed by atoms with Crippen molar-refractivity contribution < 1.29 is 4.92 Å². The van der Waals surface area contributed by atoms with E-state index in [1.165, 1.54) is 12.1 Å². The Balaban J connectivity index is 1.63. The topological polar surface area (TPSA) is 96.7 Å². The molecule has 3 aromatic rings. The van der Waals surface area contributed by atoms with E-state index in [1.807, 2.05) is 24.3 Å². The van der Waals surface area contributed by atoms with Gasteiger partial charge in [-0.1, -0.05) is 29.8 Å². The van der Waals surface area contributed by atoms with Crippen molar-refractivity contribution in [2.45, 2.75) is 6.42 Å². The summed E-state index contributed by atoms with van der Waals surface area (Å²) < 4.78 is 0. The number of halogens is 1. The third-order valence-electron chi connectivity index (χ3n) is 3.36. The van der Waals surface area contributed by atoms with Gasteiger partial charge in [0.25, 0.3) is 5.69 Å². The Morgan fingerprint density at radius 3 is 2.83 bits per heavy atom. The Kier molecular flexibility index (Phi) is 4.72. The SMILES string of the molecule is O=[N+]([O-])c1cccc(-c2n[nH]c(CCNc3cccc(Cl)c3)n2)c1. The van der Waals surface area contributed by atoms with E-state index in [0.717, 1.165) is 5.69 Å². The molecule has 3 rings (SSSR count). The molecule has 0 amide bonds. The van der Waals surface area contributed by atoms with Crippen molar-refractivity contribution in [2.75, 3.05) is 11.9 Å². The molecule has 2 aromatic carbocycles. The lowest BCUT2D eigenvalue weighted by molar-refractivity contribution is -0.384. The molecule has 24 heavy (non-hydrogen) atoms. The van der Waals surface area contributed by atoms with Gasteiger partial charge in [0.05, 0.1) is 4.92 Å². The molecule has 0 unspecified atom stereocenters. The average molecular weight is 344 g/mol. The predicted molar refractivity (Wildman–Crippen MR) is 92.1 cm³/mol. The molecule has 0 saturated carbocycles. The number of benzene rings is 2. The van der Waals surface area contributed by atoms with Crippen LogP contribution in [0.1, 0.15) is 5.82 Å². The molecule has 7 nitrogen and oxygen atoms in total. The summed E-state index contributed by atoms with van der Waals surface area (Å²) in [6.45, 7) is 0.657. The third kappa shape index (κ3) is 3.88. The molecule has 2 N–H and O–H groups in total. The van der Waals surface area contributed by atoms with Crippen molar-refractivity contribution >= 4 is 23.0 Å². The Morgan fingerprint density at radius 2 is 2.04 bits per heavy atom. The van der Waals surface area contributed by atoms with Crippen LogP contribution in [0.5, 0.6) is 0 Å². The summed E-state index contributed by atoms with van der Waals surface area (Å²) in [6, 6.07) is 13.7. The van der Waals surface area contributed by atoms with E-state index in [-0.39, 0.29) is 5.69 Å². The molecular formula is C16H14ClN5O2. The fraction of sp³-hybridized carbons (Fsp3) is 0.125. The van der Waals surface area contributed by atoms with Crippen LogP contribution in [0, 0.1) is 10.1 Å². The second-order valence-corrected chi connectivity index (χ2v) is 5.54. The van der Waals surface area contributed by atoms with E-state index in [1.54, 1.807) is 12.1 Å². The zero-order chi connectivity index (χ0) is 16.9. The number of non-ortho nitro benzene ring substituents is 1. The summed E-state index contributed by atoms with van der Waals surface area (Å²) in [5.74, 6) is 1.14. The summed E-state index contributed by atoms with van der Waals surface area (Å²) in [4.78, 5) is 14.8. The number of hydrogen-bond acceptors (Lipinski definition) is 5. The van der Waals surface area contributed by atoms with E-state index in [0.29, 0.717) is 35.2 Å². The molecule has 0 radical (unpaired) electrons. The van der Waals surface area contributed by atoms with Crippen molar-refractivity contribution in [3.8, 4) is 11.4 Å². The maximum atomic E-state index is 10.8. The van der Waals surface area contributed by atoms with Crippen LogP contribution >= 0.6 is 11.6 Å². The number of hydrogen-bond donors (Lipinski definition) is 2. The second-order valence-electron chi connectivity index (χ2n) is 5.10. The van der Waals surface area contributed by atoms with Crippen LogP contribution in [0.25, 0.3) is 11.4 Å². The van der Waals surface area contributed by atoms with Gasteiger partial charge >= 0.3 is 0 Å². The van der Waals surface area contributed by atoms with E-state index in [2.05, 4.69) is 20.5 Å². The van der Waals surface area contributed by atoms with E-state index in [4.69, 9.17) is 11.6 Å². The van der Waals surface area contributed by atoms with E-state index in [9.17, 15) is 10.1 Å². The molecule has 1 heterocycles. The predicted octanol–water partition coefficient (Wildman–Crippen LogP) is 3.69. The van der Waals surface area contributed by atoms with Gasteiger partial charge in [-0.15, -0.1) is 0 Å². The van der Waals surface area contributed by atoms with Crippen LogP contribution in [0.2, 0.25) is 5.02 Å². The number of H-pyrrole nitrogens is 1. The second kappa shape index (κ2) is 7.10. The van der Waals surface area contributed by atoms with Gasteiger partial charge in [0.15, 0.2) is 5.82 Å². The minimum Gasteiger partial charge on any atom is -0.385 e. The first-order valence-electron chi connectivity index (χ1n) is 7.27. The highest BCUT2D eigenvalue weighted by molar-refractivity contribution is 6.30. The maximum Gasteiger partial charge on any atom is 0.270 e. The van der Waals surface area contributed by atoms with Crippen LogP contribution in [-0.2, 0) is 6.42 Å². The number of nitro groups is 1. The van der Waals surface area contributed by atoms with Crippen molar-refractivity contribution in [3.05, 3.63) is 69.5 Å². The highest BCUT2D eigenvalue weighted by Crippen LogP contribution is 2.20. The van der Waals surface area contributed by atoms with Crippen LogP contribution < -0.4 is 5.32 Å². The zero-order valence-electron chi connectivity index (χ0n) is 12.6. The summed E-state index contributed by atoms with van der Waals surface area (Å²) in [5, 5.41) is 21.7. The fourth-order valence-electron chi connectivity index (χ4n) is 2.22. The highest BCUT2D eigenvalue weighted by atomic mass is 35.5. The van der Waals surface area contributed by atoms with Gasteiger partial charge < -0.3 is 5.32 Å². The van der Waals surface area contributed by atoms with Crippen molar-refractivity contribution in [1.29, 1.82) is 0 Å². The van der Waals surface area contributed by atoms with Gasteiger partial charge in [0.2, 0.25) is 0 Å². The van der Waals surface area contributed by atoms with Crippen molar-refractivity contribution in [3.63, 3.8) is 0 Å². The van der Waals surface area contributed by atoms with E-state index < -0.39 is 4.92 Å². The summed E-state index contributed by atoms with van der Waals surface area (Å²) in [7, 11) is 0. The molecular weight excluding hydrogens is 330 g/mol. The smallest absolute Gasteiger partial charge is 0.270 e. The van der Waals surface area contributed by atoms with Gasteiger partial charge in [0.1, 0.15) is 5.82 Å². The molecule has 0 aliphatic carbocycles. The first-order valence-corrected chi connectivity index (χ1v) is 7.65. The normalized spacial score (nSPS) is 10.5. The number of nitrogens with zero attached hydrogens (tertiary/aromatic N) is 3. The standard InChI is InChI=1S/C16H14ClN5O2/c17-12-4-2-5-13(10-12)18-8-7-15-19-16(21-20-15)11-3-1-6-14(9-11)22(23)24/h1-6,9-10,18H,7-8H2,(H,19,20,21). The highest BCUT2D eigenvalue weighted by Gasteiger charge is 2.10. The molecule has 122 valence electrons. The number of rotatable bonds is 6. The lowest BCUT2D eigenvalue weighted by Gasteiger charge is -2.04. The molecule has 0 saturated heterocycles. The molecule has 1 aromatic heterocycles. The molecule has 0 aliphatic rings. The van der Waals surface area contributed by atoms with Crippen LogP contribution in [0.3, 0.4) is 0 Å². The maximum absolute atomic E-state index is 10.8. The number of aromatic nitrogens is 3. The van der Waals surface area contributed by atoms with Gasteiger partial charge in [-0.05, 0) is 18.2 Å². The lowest BCUT2D eigenvalue weighted by atomic mass is 10.2. The Labute approximate surface area is 142 Å². The first kappa shape index (κ1) is 15.9. The number of nitrogens with one attached hydrogen (secondary N) is 2. The summed E-state index contributed by atoms with van der Waals surface area (Å²) in [5.41, 5.74) is 1.55. The monoisotopic (exact) mass is 343 g/mol. The first-order chi connectivity index (χ1) is 11.6. The minimum atomic E-state index is -0.439. The fourth-order valence-corrected chi connectivity index (χ4v) is 2.41. The minimum absolute atomic E-state index is 0.0153. The van der Waals surface area contributed by atoms with Crippen LogP contribution in [-0.4, -0.2) is 26.6 Å². The summed E-state index contributed by atoms with van der Waals surface area (Å²) >= 11 is 5.93. The van der Waals surface area contributed by atoms with Crippen molar-refractivity contribution in [1.82, 2.24) is 15.2 Å². The molecule has 0 fully saturated rings. The zero-order valence-corrected chi connectivity index (χ0v) is 13.3. The Bertz CT molecular complexity index is 865. The largest absolute Gasteiger partial charge is 0.385 e. The van der Waals surface area contributed by atoms with Crippen molar-refractivity contribution in [2.24, 2.45) is 0 Å². The quantitative estimate of drug-likeness (QED) is 0.525. The third-order valence-corrected chi connectivity index (χ3v) is 3.60. The van der Waals surface area contributed by atoms with Crippen LogP contribution in [0.15, 0.2) is 48.5 Å². The van der Waals surface area contributed by atoms with Gasteiger partial charge in [-0.25, -0.2) is 4.98 Å². The van der Waals surface area contributed by atoms with Crippen LogP contribution in [0.4, 0.5) is 11.4 Å². The summed E-state index contributed by atoms with van der Waals surface area (Å²) in [6.07, 6.45) is 0.633. The molecule has 0 bridgehead atoms. The number of anilines is 1. The lowest BCUT2D eigenvalue weighted by Crippen LogP contribution is -2.05. The molecule has 0 atom stereocenters. The average Bonchev–Trinajstić information content (AvgIpc) is 3.04. The van der Waals surface area contributed by atoms with Gasteiger partial charge in [-0.3, -0.25) is 15.2 Å². The number of nitro benzene ring substituents is 1.